The Kier molecular flexibility index (Phi) is 5.56. The monoisotopic (exact) mass is 282 g/mol. The highest BCUT2D eigenvalue weighted by molar-refractivity contribution is 9.10. The Morgan fingerprint density at radius 2 is 2.25 bits per heavy atom. The summed E-state index contributed by atoms with van der Waals surface area (Å²) in [7, 11) is 0. The van der Waals surface area contributed by atoms with Gasteiger partial charge in [-0.3, -0.25) is 4.90 Å². The van der Waals surface area contributed by atoms with E-state index in [9.17, 15) is 0 Å². The number of nitrogens with two attached hydrogens (primary N) is 1. The maximum Gasteiger partial charge on any atom is 0.0461 e. The first kappa shape index (κ1) is 13.3. The topological polar surface area (TPSA) is 29.3 Å². The van der Waals surface area contributed by atoms with Crippen LogP contribution in [0.1, 0.15) is 18.9 Å². The summed E-state index contributed by atoms with van der Waals surface area (Å²) in [5.74, 6) is 0. The lowest BCUT2D eigenvalue weighted by molar-refractivity contribution is 0.295. The highest BCUT2D eigenvalue weighted by Gasteiger charge is 2.04. The molecule has 0 aliphatic heterocycles. The zero-order valence-corrected chi connectivity index (χ0v) is 11.3. The molecule has 0 saturated heterocycles. The van der Waals surface area contributed by atoms with Gasteiger partial charge in [0.2, 0.25) is 0 Å². The Balaban J connectivity index is 2.68. The smallest absolute Gasteiger partial charge is 0.0461 e. The molecule has 0 aromatic heterocycles. The van der Waals surface area contributed by atoms with Crippen LogP contribution in [0.15, 0.2) is 35.3 Å². The normalized spacial score (nSPS) is 10.7. The van der Waals surface area contributed by atoms with Crippen LogP contribution < -0.4 is 5.73 Å². The Hall–Kier alpha value is -0.800. The van der Waals surface area contributed by atoms with E-state index in [1.165, 1.54) is 5.56 Å². The lowest BCUT2D eigenvalue weighted by Crippen LogP contribution is -2.24. The van der Waals surface area contributed by atoms with Crippen LogP contribution in [-0.4, -0.2) is 18.0 Å². The third kappa shape index (κ3) is 3.99. The molecule has 0 aliphatic rings. The quantitative estimate of drug-likeness (QED) is 0.640. The van der Waals surface area contributed by atoms with Crippen LogP contribution in [-0.2, 0) is 6.54 Å². The second-order valence-electron chi connectivity index (χ2n) is 3.88. The van der Waals surface area contributed by atoms with Crippen LogP contribution in [0.5, 0.6) is 0 Å². The van der Waals surface area contributed by atoms with E-state index >= 15 is 0 Å². The van der Waals surface area contributed by atoms with Gasteiger partial charge in [0.15, 0.2) is 0 Å². The van der Waals surface area contributed by atoms with Crippen LogP contribution in [0.3, 0.4) is 0 Å². The minimum absolute atomic E-state index is 0.799. The van der Waals surface area contributed by atoms with E-state index in [0.717, 1.165) is 36.2 Å². The molecule has 2 nitrogen and oxygen atoms in total. The summed E-state index contributed by atoms with van der Waals surface area (Å²) in [6.45, 7) is 8.90. The number of rotatable bonds is 6. The van der Waals surface area contributed by atoms with Gasteiger partial charge in [0.25, 0.3) is 0 Å². The molecule has 0 spiro atoms. The van der Waals surface area contributed by atoms with Crippen molar-refractivity contribution in [3.63, 3.8) is 0 Å². The van der Waals surface area contributed by atoms with Gasteiger partial charge in [0.05, 0.1) is 0 Å². The Morgan fingerprint density at radius 1 is 1.50 bits per heavy atom. The van der Waals surface area contributed by atoms with Crippen LogP contribution >= 0.6 is 15.9 Å². The molecular formula is C13H19BrN2. The number of nitrogen functional groups attached to an aromatic ring is 1. The van der Waals surface area contributed by atoms with Crippen molar-refractivity contribution >= 4 is 21.6 Å². The van der Waals surface area contributed by atoms with Crippen LogP contribution in [0, 0.1) is 0 Å². The molecule has 2 N–H and O–H groups in total. The average molecular weight is 283 g/mol. The number of hydrogen-bond donors (Lipinski definition) is 1. The molecule has 0 fully saturated rings. The molecule has 0 saturated carbocycles. The summed E-state index contributed by atoms with van der Waals surface area (Å²) in [5.41, 5.74) is 7.90. The van der Waals surface area contributed by atoms with Crippen molar-refractivity contribution in [1.29, 1.82) is 0 Å². The first-order chi connectivity index (χ1) is 7.67. The second-order valence-corrected chi connectivity index (χ2v) is 4.73. The van der Waals surface area contributed by atoms with Crippen molar-refractivity contribution in [3.05, 3.63) is 40.9 Å². The maximum absolute atomic E-state index is 5.86. The van der Waals surface area contributed by atoms with Gasteiger partial charge in [0, 0.05) is 23.2 Å². The maximum atomic E-state index is 5.86. The van der Waals surface area contributed by atoms with Crippen molar-refractivity contribution in [2.45, 2.75) is 19.9 Å². The third-order valence-electron chi connectivity index (χ3n) is 2.39. The van der Waals surface area contributed by atoms with E-state index in [4.69, 9.17) is 5.73 Å². The van der Waals surface area contributed by atoms with Gasteiger partial charge in [-0.2, -0.15) is 0 Å². The Morgan fingerprint density at radius 3 is 2.81 bits per heavy atom. The van der Waals surface area contributed by atoms with Crippen molar-refractivity contribution in [2.75, 3.05) is 18.8 Å². The molecular weight excluding hydrogens is 264 g/mol. The molecule has 0 heterocycles. The summed E-state index contributed by atoms with van der Waals surface area (Å²) in [6, 6.07) is 6.13. The van der Waals surface area contributed by atoms with E-state index < -0.39 is 0 Å². The zero-order chi connectivity index (χ0) is 12.0. The Labute approximate surface area is 106 Å². The molecule has 3 heteroatoms. The number of halogens is 1. The van der Waals surface area contributed by atoms with E-state index in [1.54, 1.807) is 0 Å². The van der Waals surface area contributed by atoms with Gasteiger partial charge in [-0.15, -0.1) is 6.58 Å². The predicted octanol–water partition coefficient (Wildman–Crippen LogP) is 3.43. The molecule has 0 atom stereocenters. The van der Waals surface area contributed by atoms with Crippen molar-refractivity contribution in [3.8, 4) is 0 Å². The minimum atomic E-state index is 0.799. The molecule has 1 aromatic carbocycles. The van der Waals surface area contributed by atoms with Gasteiger partial charge < -0.3 is 5.73 Å². The van der Waals surface area contributed by atoms with Gasteiger partial charge in [-0.1, -0.05) is 19.1 Å². The lowest BCUT2D eigenvalue weighted by atomic mass is 10.2. The molecule has 1 rings (SSSR count). The largest absolute Gasteiger partial charge is 0.398 e. The predicted molar refractivity (Wildman–Crippen MR) is 74.3 cm³/mol. The van der Waals surface area contributed by atoms with Crippen molar-refractivity contribution in [1.82, 2.24) is 4.90 Å². The summed E-state index contributed by atoms with van der Waals surface area (Å²) in [6.07, 6.45) is 3.09. The Bertz CT molecular complexity index is 350. The van der Waals surface area contributed by atoms with Crippen molar-refractivity contribution < 1.29 is 0 Å². The number of anilines is 1. The van der Waals surface area contributed by atoms with E-state index in [1.807, 2.05) is 18.2 Å². The van der Waals surface area contributed by atoms with Gasteiger partial charge in [-0.05, 0) is 46.6 Å². The van der Waals surface area contributed by atoms with Gasteiger partial charge >= 0.3 is 0 Å². The molecule has 0 radical (unpaired) electrons. The van der Waals surface area contributed by atoms with Crippen LogP contribution in [0.25, 0.3) is 0 Å². The fraction of sp³-hybridized carbons (Fsp3) is 0.385. The summed E-state index contributed by atoms with van der Waals surface area (Å²) >= 11 is 3.40. The number of hydrogen-bond acceptors (Lipinski definition) is 2. The third-order valence-corrected chi connectivity index (χ3v) is 3.12. The molecule has 0 amide bonds. The van der Waals surface area contributed by atoms with Crippen LogP contribution in [0.2, 0.25) is 0 Å². The van der Waals surface area contributed by atoms with Crippen molar-refractivity contribution in [2.24, 2.45) is 0 Å². The molecule has 1 aromatic rings. The van der Waals surface area contributed by atoms with Gasteiger partial charge in [-0.25, -0.2) is 0 Å². The van der Waals surface area contributed by atoms with E-state index in [-0.39, 0.29) is 0 Å². The van der Waals surface area contributed by atoms with E-state index in [0.29, 0.717) is 0 Å². The standard InChI is InChI=1S/C13H19BrN2/c1-3-7-16(8-4-2)10-11-5-6-12(14)13(15)9-11/h3,5-6,9H,1,4,7-8,10,15H2,2H3. The summed E-state index contributed by atoms with van der Waals surface area (Å²) < 4.78 is 0.960. The fourth-order valence-corrected chi connectivity index (χ4v) is 1.93. The minimum Gasteiger partial charge on any atom is -0.398 e. The molecule has 0 unspecified atom stereocenters. The first-order valence-electron chi connectivity index (χ1n) is 5.54. The molecule has 16 heavy (non-hydrogen) atoms. The second kappa shape index (κ2) is 6.71. The number of benzene rings is 1. The number of nitrogens with zero attached hydrogens (tertiary/aromatic N) is 1. The van der Waals surface area contributed by atoms with Crippen LogP contribution in [0.4, 0.5) is 5.69 Å². The SMILES string of the molecule is C=CCN(CCC)Cc1ccc(Br)c(N)c1. The van der Waals surface area contributed by atoms with E-state index in [2.05, 4.69) is 40.4 Å². The summed E-state index contributed by atoms with van der Waals surface area (Å²) in [5, 5.41) is 0. The first-order valence-corrected chi connectivity index (χ1v) is 6.33. The zero-order valence-electron chi connectivity index (χ0n) is 9.75. The summed E-state index contributed by atoms with van der Waals surface area (Å²) in [4.78, 5) is 2.36. The average Bonchev–Trinajstić information content (AvgIpc) is 2.24. The fourth-order valence-electron chi connectivity index (χ4n) is 1.68. The lowest BCUT2D eigenvalue weighted by Gasteiger charge is -2.20. The van der Waals surface area contributed by atoms with Gasteiger partial charge in [0.1, 0.15) is 0 Å². The highest BCUT2D eigenvalue weighted by Crippen LogP contribution is 2.21. The molecule has 88 valence electrons. The highest BCUT2D eigenvalue weighted by atomic mass is 79.9. The molecule has 0 aliphatic carbocycles. The molecule has 0 bridgehead atoms.